The van der Waals surface area contributed by atoms with Crippen LogP contribution in [-0.2, 0) is 17.8 Å². The smallest absolute Gasteiger partial charge is 0.160 e. The van der Waals surface area contributed by atoms with E-state index in [1.807, 2.05) is 0 Å². The molecule has 0 saturated carbocycles. The zero-order valence-corrected chi connectivity index (χ0v) is 13.1. The van der Waals surface area contributed by atoms with Crippen LogP contribution in [0.25, 0.3) is 10.9 Å². The van der Waals surface area contributed by atoms with Crippen LogP contribution >= 0.6 is 0 Å². The van der Waals surface area contributed by atoms with Gasteiger partial charge in [0.25, 0.3) is 0 Å². The van der Waals surface area contributed by atoms with Gasteiger partial charge in [0.05, 0.1) is 18.0 Å². The molecule has 114 valence electrons. The molecule has 5 rings (SSSR count). The molecule has 0 bridgehead atoms. The SMILES string of the molecule is CCC12CCCN3CCc4c(n(c5ccccc45)CC1=O)C32. The number of ketones is 1. The average Bonchev–Trinajstić information content (AvgIpc) is 2.89. The predicted molar refractivity (Wildman–Crippen MR) is 86.9 cm³/mol. The molecule has 2 atom stereocenters. The van der Waals surface area contributed by atoms with Gasteiger partial charge in [-0.15, -0.1) is 0 Å². The molecule has 0 radical (unpaired) electrons. The zero-order chi connectivity index (χ0) is 14.9. The summed E-state index contributed by atoms with van der Waals surface area (Å²) in [4.78, 5) is 15.7. The quantitative estimate of drug-likeness (QED) is 0.806. The van der Waals surface area contributed by atoms with Crippen LogP contribution in [0, 0.1) is 5.41 Å². The number of aromatic nitrogens is 1. The van der Waals surface area contributed by atoms with Crippen molar-refractivity contribution in [3.05, 3.63) is 35.5 Å². The van der Waals surface area contributed by atoms with Crippen LogP contribution in [0.1, 0.15) is 43.5 Å². The summed E-state index contributed by atoms with van der Waals surface area (Å²) in [5.74, 6) is 0.464. The first kappa shape index (κ1) is 12.9. The van der Waals surface area contributed by atoms with Crippen molar-refractivity contribution in [1.29, 1.82) is 0 Å². The number of para-hydroxylation sites is 1. The van der Waals surface area contributed by atoms with Gasteiger partial charge in [-0.25, -0.2) is 0 Å². The van der Waals surface area contributed by atoms with Crippen molar-refractivity contribution in [3.8, 4) is 0 Å². The number of rotatable bonds is 1. The molecule has 0 aliphatic carbocycles. The fraction of sp³-hybridized carbons (Fsp3) is 0.526. The van der Waals surface area contributed by atoms with Crippen LogP contribution in [0.3, 0.4) is 0 Å². The summed E-state index contributed by atoms with van der Waals surface area (Å²) in [6, 6.07) is 8.98. The number of fused-ring (bicyclic) bond motifs is 3. The van der Waals surface area contributed by atoms with Crippen molar-refractivity contribution in [2.45, 2.75) is 45.2 Å². The summed E-state index contributed by atoms with van der Waals surface area (Å²) in [5, 5.41) is 1.38. The Labute approximate surface area is 130 Å². The normalized spacial score (nSPS) is 30.6. The topological polar surface area (TPSA) is 25.2 Å². The van der Waals surface area contributed by atoms with E-state index in [0.717, 1.165) is 32.4 Å². The third-order valence-electron chi connectivity index (χ3n) is 6.47. The molecule has 1 saturated heterocycles. The van der Waals surface area contributed by atoms with Crippen molar-refractivity contribution in [2.24, 2.45) is 5.41 Å². The maximum atomic E-state index is 13.1. The van der Waals surface area contributed by atoms with Crippen molar-refractivity contribution >= 4 is 16.7 Å². The molecule has 2 aromatic rings. The minimum atomic E-state index is -0.127. The molecule has 1 fully saturated rings. The number of carbonyl (C=O) groups is 1. The van der Waals surface area contributed by atoms with Gasteiger partial charge in [-0.1, -0.05) is 25.1 Å². The van der Waals surface area contributed by atoms with Crippen LogP contribution < -0.4 is 0 Å². The molecule has 3 nitrogen and oxygen atoms in total. The number of hydrogen-bond donors (Lipinski definition) is 0. The molecule has 22 heavy (non-hydrogen) atoms. The molecule has 4 heterocycles. The molecule has 3 heteroatoms. The number of carbonyl (C=O) groups excluding carboxylic acids is 1. The highest BCUT2D eigenvalue weighted by Crippen LogP contribution is 2.55. The Balaban J connectivity index is 1.86. The largest absolute Gasteiger partial charge is 0.335 e. The third-order valence-corrected chi connectivity index (χ3v) is 6.47. The molecule has 0 spiro atoms. The first-order valence-corrected chi connectivity index (χ1v) is 8.63. The Kier molecular flexibility index (Phi) is 2.48. The van der Waals surface area contributed by atoms with Gasteiger partial charge in [-0.05, 0) is 43.9 Å². The van der Waals surface area contributed by atoms with Gasteiger partial charge in [0.15, 0.2) is 5.78 Å². The van der Waals surface area contributed by atoms with E-state index in [2.05, 4.69) is 40.7 Å². The molecule has 3 aliphatic heterocycles. The summed E-state index contributed by atoms with van der Waals surface area (Å²) in [6.45, 7) is 5.06. The van der Waals surface area contributed by atoms with E-state index in [1.54, 1.807) is 0 Å². The molecule has 2 unspecified atom stereocenters. The molecule has 1 aromatic carbocycles. The van der Waals surface area contributed by atoms with Gasteiger partial charge in [-0.2, -0.15) is 0 Å². The highest BCUT2D eigenvalue weighted by atomic mass is 16.1. The Hall–Kier alpha value is -1.61. The third kappa shape index (κ3) is 1.34. The van der Waals surface area contributed by atoms with Crippen LogP contribution in [0.5, 0.6) is 0 Å². The van der Waals surface area contributed by atoms with E-state index >= 15 is 0 Å². The first-order valence-electron chi connectivity index (χ1n) is 8.63. The number of nitrogens with zero attached hydrogens (tertiary/aromatic N) is 2. The predicted octanol–water partition coefficient (Wildman–Crippen LogP) is 3.31. The summed E-state index contributed by atoms with van der Waals surface area (Å²) >= 11 is 0. The van der Waals surface area contributed by atoms with E-state index in [1.165, 1.54) is 28.6 Å². The van der Waals surface area contributed by atoms with Crippen LogP contribution in [0.2, 0.25) is 0 Å². The van der Waals surface area contributed by atoms with E-state index < -0.39 is 0 Å². The highest BCUT2D eigenvalue weighted by molar-refractivity contribution is 5.93. The van der Waals surface area contributed by atoms with Gasteiger partial charge in [-0.3, -0.25) is 9.69 Å². The van der Waals surface area contributed by atoms with Crippen LogP contribution in [0.15, 0.2) is 24.3 Å². The Morgan fingerprint density at radius 1 is 1.27 bits per heavy atom. The number of benzene rings is 1. The standard InChI is InChI=1S/C19H22N2O/c1-2-19-9-5-10-20-11-8-14-13-6-3-4-7-15(13)21(12-16(19)22)17(14)18(19)20/h3-4,6-7,18H,2,5,8-12H2,1H3. The lowest BCUT2D eigenvalue weighted by Crippen LogP contribution is -2.56. The monoisotopic (exact) mass is 294 g/mol. The Morgan fingerprint density at radius 2 is 2.14 bits per heavy atom. The number of piperidine rings is 1. The summed E-state index contributed by atoms with van der Waals surface area (Å²) < 4.78 is 2.34. The fourth-order valence-electron chi connectivity index (χ4n) is 5.44. The minimum Gasteiger partial charge on any atom is -0.335 e. The van der Waals surface area contributed by atoms with Gasteiger partial charge < -0.3 is 4.57 Å². The molecule has 0 amide bonds. The van der Waals surface area contributed by atoms with E-state index in [0.29, 0.717) is 18.4 Å². The summed E-state index contributed by atoms with van der Waals surface area (Å²) in [7, 11) is 0. The summed E-state index contributed by atoms with van der Waals surface area (Å²) in [6.07, 6.45) is 4.36. The molecular formula is C19H22N2O. The molecular weight excluding hydrogens is 272 g/mol. The number of hydrogen-bond acceptors (Lipinski definition) is 2. The second-order valence-corrected chi connectivity index (χ2v) is 7.19. The fourth-order valence-corrected chi connectivity index (χ4v) is 5.44. The zero-order valence-electron chi connectivity index (χ0n) is 13.1. The second kappa shape index (κ2) is 4.23. The van der Waals surface area contributed by atoms with Crippen LogP contribution in [-0.4, -0.2) is 28.3 Å². The first-order chi connectivity index (χ1) is 10.8. The van der Waals surface area contributed by atoms with E-state index in [9.17, 15) is 4.79 Å². The van der Waals surface area contributed by atoms with Crippen molar-refractivity contribution in [3.63, 3.8) is 0 Å². The highest BCUT2D eigenvalue weighted by Gasteiger charge is 2.54. The van der Waals surface area contributed by atoms with E-state index in [-0.39, 0.29) is 5.41 Å². The summed E-state index contributed by atoms with van der Waals surface area (Å²) in [5.41, 5.74) is 4.12. The molecule has 0 N–H and O–H groups in total. The number of Topliss-reactive ketones (excluding diaryl/α,β-unsaturated/α-hetero) is 1. The van der Waals surface area contributed by atoms with Crippen molar-refractivity contribution in [1.82, 2.24) is 9.47 Å². The Bertz CT molecular complexity index is 790. The van der Waals surface area contributed by atoms with E-state index in [4.69, 9.17) is 0 Å². The maximum absolute atomic E-state index is 13.1. The lowest BCUT2D eigenvalue weighted by molar-refractivity contribution is -0.141. The molecule has 3 aliphatic rings. The second-order valence-electron chi connectivity index (χ2n) is 7.19. The lowest BCUT2D eigenvalue weighted by atomic mass is 9.64. The van der Waals surface area contributed by atoms with Gasteiger partial charge in [0.2, 0.25) is 0 Å². The minimum absolute atomic E-state index is 0.127. The van der Waals surface area contributed by atoms with Crippen molar-refractivity contribution in [2.75, 3.05) is 13.1 Å². The van der Waals surface area contributed by atoms with Gasteiger partial charge in [0.1, 0.15) is 0 Å². The van der Waals surface area contributed by atoms with Gasteiger partial charge in [0, 0.05) is 23.1 Å². The molecule has 1 aromatic heterocycles. The Morgan fingerprint density at radius 3 is 3.00 bits per heavy atom. The average molecular weight is 294 g/mol. The van der Waals surface area contributed by atoms with Crippen molar-refractivity contribution < 1.29 is 4.79 Å². The maximum Gasteiger partial charge on any atom is 0.160 e. The van der Waals surface area contributed by atoms with Gasteiger partial charge >= 0.3 is 0 Å². The lowest BCUT2D eigenvalue weighted by Gasteiger charge is -2.53. The van der Waals surface area contributed by atoms with Crippen LogP contribution in [0.4, 0.5) is 0 Å².